The normalized spacial score (nSPS) is 21.6. The van der Waals surface area contributed by atoms with Crippen LogP contribution in [0.3, 0.4) is 0 Å². The van der Waals surface area contributed by atoms with Gasteiger partial charge < -0.3 is 5.73 Å². The van der Waals surface area contributed by atoms with E-state index in [1.165, 1.54) is 0 Å². The molecule has 2 N–H and O–H groups in total. The van der Waals surface area contributed by atoms with Crippen molar-refractivity contribution in [3.63, 3.8) is 0 Å². The molecule has 20 heavy (non-hydrogen) atoms. The largest absolute Gasteiger partial charge is 0.398 e. The van der Waals surface area contributed by atoms with Gasteiger partial charge in [0.25, 0.3) is 0 Å². The molecule has 0 bridgehead atoms. The van der Waals surface area contributed by atoms with Gasteiger partial charge in [-0.2, -0.15) is 4.31 Å². The average Bonchev–Trinajstić information content (AvgIpc) is 2.67. The number of nitrogens with two attached hydrogens (primary N) is 1. The molecular weight excluding hydrogens is 272 g/mol. The van der Waals surface area contributed by atoms with Crippen molar-refractivity contribution in [2.45, 2.75) is 56.9 Å². The van der Waals surface area contributed by atoms with Crippen LogP contribution in [0.1, 0.15) is 44.6 Å². The highest BCUT2D eigenvalue weighted by Crippen LogP contribution is 2.27. The van der Waals surface area contributed by atoms with Crippen molar-refractivity contribution in [2.24, 2.45) is 0 Å². The summed E-state index contributed by atoms with van der Waals surface area (Å²) in [7, 11) is -3.43. The number of hydrogen-bond donors (Lipinski definition) is 1. The zero-order valence-electron chi connectivity index (χ0n) is 12.3. The Labute approximate surface area is 122 Å². The summed E-state index contributed by atoms with van der Waals surface area (Å²) in [5.74, 6) is 0. The quantitative estimate of drug-likeness (QED) is 0.872. The van der Waals surface area contributed by atoms with Crippen LogP contribution < -0.4 is 5.73 Å². The Morgan fingerprint density at radius 1 is 1.30 bits per heavy atom. The average molecular weight is 296 g/mol. The molecule has 1 unspecified atom stereocenters. The van der Waals surface area contributed by atoms with Gasteiger partial charge in [0.1, 0.15) is 0 Å². The second-order valence-corrected chi connectivity index (χ2v) is 7.44. The maximum atomic E-state index is 12.8. The van der Waals surface area contributed by atoms with Crippen molar-refractivity contribution in [1.29, 1.82) is 0 Å². The van der Waals surface area contributed by atoms with Crippen LogP contribution in [0.2, 0.25) is 0 Å². The van der Waals surface area contributed by atoms with Gasteiger partial charge in [-0.15, -0.1) is 0 Å². The minimum atomic E-state index is -3.43. The SMILES string of the molecule is CCC1CCCCCN1S(=O)(=O)c1ccc(C)c(N)c1. The van der Waals surface area contributed by atoms with Crippen molar-refractivity contribution in [3.8, 4) is 0 Å². The maximum Gasteiger partial charge on any atom is 0.243 e. The summed E-state index contributed by atoms with van der Waals surface area (Å²) in [6.45, 7) is 4.56. The molecule has 0 spiro atoms. The molecule has 0 radical (unpaired) electrons. The lowest BCUT2D eigenvalue weighted by Gasteiger charge is -2.28. The smallest absolute Gasteiger partial charge is 0.243 e. The first-order valence-electron chi connectivity index (χ1n) is 7.34. The second-order valence-electron chi connectivity index (χ2n) is 5.55. The number of rotatable bonds is 3. The summed E-state index contributed by atoms with van der Waals surface area (Å²) < 4.78 is 27.4. The number of nitrogens with zero attached hydrogens (tertiary/aromatic N) is 1. The standard InChI is InChI=1S/C15H24N2O2S/c1-3-13-7-5-4-6-10-17(13)20(18,19)14-9-8-12(2)15(16)11-14/h8-9,11,13H,3-7,10,16H2,1-2H3. The van der Waals surface area contributed by atoms with Gasteiger partial charge in [0.05, 0.1) is 4.90 Å². The molecule has 1 fully saturated rings. The Kier molecular flexibility index (Phi) is 4.70. The van der Waals surface area contributed by atoms with E-state index in [2.05, 4.69) is 6.92 Å². The van der Waals surface area contributed by atoms with E-state index in [0.717, 1.165) is 37.7 Å². The number of hydrogen-bond acceptors (Lipinski definition) is 3. The lowest BCUT2D eigenvalue weighted by Crippen LogP contribution is -2.39. The van der Waals surface area contributed by atoms with Crippen LogP contribution in [-0.4, -0.2) is 25.3 Å². The van der Waals surface area contributed by atoms with Crippen molar-refractivity contribution in [2.75, 3.05) is 12.3 Å². The number of aryl methyl sites for hydroxylation is 1. The van der Waals surface area contributed by atoms with Gasteiger partial charge in [0.15, 0.2) is 0 Å². The number of nitrogen functional groups attached to an aromatic ring is 1. The van der Waals surface area contributed by atoms with E-state index in [0.29, 0.717) is 17.1 Å². The summed E-state index contributed by atoms with van der Waals surface area (Å²) in [6, 6.07) is 5.15. The van der Waals surface area contributed by atoms with Crippen LogP contribution >= 0.6 is 0 Å². The van der Waals surface area contributed by atoms with Crippen molar-refractivity contribution in [3.05, 3.63) is 23.8 Å². The van der Waals surface area contributed by atoms with E-state index in [-0.39, 0.29) is 6.04 Å². The van der Waals surface area contributed by atoms with Gasteiger partial charge >= 0.3 is 0 Å². The van der Waals surface area contributed by atoms with Gasteiger partial charge in [-0.1, -0.05) is 25.8 Å². The van der Waals surface area contributed by atoms with Crippen LogP contribution in [0.15, 0.2) is 23.1 Å². The fraction of sp³-hybridized carbons (Fsp3) is 0.600. The molecule has 1 aromatic carbocycles. The molecule has 1 saturated heterocycles. The fourth-order valence-corrected chi connectivity index (χ4v) is 4.59. The predicted octanol–water partition coefficient (Wildman–Crippen LogP) is 2.92. The Morgan fingerprint density at radius 2 is 2.05 bits per heavy atom. The monoisotopic (exact) mass is 296 g/mol. The lowest BCUT2D eigenvalue weighted by atomic mass is 10.1. The highest BCUT2D eigenvalue weighted by molar-refractivity contribution is 7.89. The van der Waals surface area contributed by atoms with E-state index in [1.54, 1.807) is 22.5 Å². The van der Waals surface area contributed by atoms with Crippen LogP contribution in [-0.2, 0) is 10.0 Å². The first-order valence-corrected chi connectivity index (χ1v) is 8.78. The van der Waals surface area contributed by atoms with Crippen LogP contribution in [0.4, 0.5) is 5.69 Å². The van der Waals surface area contributed by atoms with Crippen LogP contribution in [0, 0.1) is 6.92 Å². The summed E-state index contributed by atoms with van der Waals surface area (Å²) in [4.78, 5) is 0.320. The molecule has 112 valence electrons. The molecule has 0 amide bonds. The highest BCUT2D eigenvalue weighted by Gasteiger charge is 2.31. The summed E-state index contributed by atoms with van der Waals surface area (Å²) in [5, 5.41) is 0. The van der Waals surface area contributed by atoms with E-state index in [4.69, 9.17) is 5.73 Å². The first kappa shape index (κ1) is 15.3. The molecular formula is C15H24N2O2S. The predicted molar refractivity (Wildman–Crippen MR) is 82.0 cm³/mol. The van der Waals surface area contributed by atoms with Gasteiger partial charge in [-0.25, -0.2) is 8.42 Å². The highest BCUT2D eigenvalue weighted by atomic mass is 32.2. The molecule has 2 rings (SSSR count). The van der Waals surface area contributed by atoms with Gasteiger partial charge in [-0.3, -0.25) is 0 Å². The Bertz CT molecular complexity index is 569. The van der Waals surface area contributed by atoms with Gasteiger partial charge in [-0.05, 0) is 43.9 Å². The van der Waals surface area contributed by atoms with Crippen molar-refractivity contribution < 1.29 is 8.42 Å². The third kappa shape index (κ3) is 2.99. The molecule has 5 heteroatoms. The zero-order valence-corrected chi connectivity index (χ0v) is 13.1. The molecule has 1 aliphatic heterocycles. The Morgan fingerprint density at radius 3 is 2.70 bits per heavy atom. The number of anilines is 1. The van der Waals surface area contributed by atoms with Crippen LogP contribution in [0.25, 0.3) is 0 Å². The number of benzene rings is 1. The summed E-state index contributed by atoms with van der Waals surface area (Å²) >= 11 is 0. The maximum absolute atomic E-state index is 12.8. The van der Waals surface area contributed by atoms with Gasteiger partial charge in [0, 0.05) is 18.3 Å². The van der Waals surface area contributed by atoms with Gasteiger partial charge in [0.2, 0.25) is 10.0 Å². The lowest BCUT2D eigenvalue weighted by molar-refractivity contribution is 0.315. The molecule has 0 saturated carbocycles. The van der Waals surface area contributed by atoms with E-state index in [9.17, 15) is 8.42 Å². The Balaban J connectivity index is 2.38. The van der Waals surface area contributed by atoms with E-state index < -0.39 is 10.0 Å². The minimum absolute atomic E-state index is 0.116. The Hall–Kier alpha value is -1.07. The molecule has 1 aliphatic rings. The molecule has 1 atom stereocenters. The third-order valence-electron chi connectivity index (χ3n) is 4.15. The van der Waals surface area contributed by atoms with Crippen molar-refractivity contribution in [1.82, 2.24) is 4.31 Å². The minimum Gasteiger partial charge on any atom is -0.398 e. The molecule has 0 aliphatic carbocycles. The van der Waals surface area contributed by atoms with E-state index in [1.807, 2.05) is 6.92 Å². The molecule has 4 nitrogen and oxygen atoms in total. The topological polar surface area (TPSA) is 63.4 Å². The summed E-state index contributed by atoms with van der Waals surface area (Å²) in [6.07, 6.45) is 4.98. The zero-order chi connectivity index (χ0) is 14.8. The van der Waals surface area contributed by atoms with Crippen molar-refractivity contribution >= 4 is 15.7 Å². The summed E-state index contributed by atoms with van der Waals surface area (Å²) in [5.41, 5.74) is 7.31. The first-order chi connectivity index (χ1) is 9.46. The van der Waals surface area contributed by atoms with Crippen LogP contribution in [0.5, 0.6) is 0 Å². The molecule has 0 aromatic heterocycles. The second kappa shape index (κ2) is 6.14. The molecule has 1 heterocycles. The number of sulfonamides is 1. The fourth-order valence-electron chi connectivity index (χ4n) is 2.79. The van der Waals surface area contributed by atoms with E-state index >= 15 is 0 Å². The molecule has 1 aromatic rings. The third-order valence-corrected chi connectivity index (χ3v) is 6.10.